The largest absolute Gasteiger partial charge is 0.0687 e. The number of hydrogen-bond donors (Lipinski definition) is 0. The summed E-state index contributed by atoms with van der Waals surface area (Å²) in [4.78, 5) is 0. The van der Waals surface area contributed by atoms with Gasteiger partial charge >= 0.3 is 0 Å². The second-order valence-corrected chi connectivity index (χ2v) is 11.5. The number of unbranched alkanes of at least 4 members (excludes halogenated alkanes) is 4. The van der Waals surface area contributed by atoms with Crippen molar-refractivity contribution in [3.63, 3.8) is 0 Å². The van der Waals surface area contributed by atoms with Gasteiger partial charge in [0.2, 0.25) is 0 Å². The van der Waals surface area contributed by atoms with Gasteiger partial charge in [0.1, 0.15) is 0 Å². The molecule has 0 radical (unpaired) electrons. The molecule has 1 aliphatic rings. The summed E-state index contributed by atoms with van der Waals surface area (Å²) in [6, 6.07) is 7.72. The van der Waals surface area contributed by atoms with Crippen LogP contribution < -0.4 is 5.30 Å². The van der Waals surface area contributed by atoms with E-state index in [9.17, 15) is 0 Å². The van der Waals surface area contributed by atoms with Gasteiger partial charge in [0.05, 0.1) is 0 Å². The van der Waals surface area contributed by atoms with Gasteiger partial charge in [-0.15, -0.1) is 0 Å². The summed E-state index contributed by atoms with van der Waals surface area (Å²) in [6.07, 6.45) is 19.4. The van der Waals surface area contributed by atoms with E-state index in [4.69, 9.17) is 0 Å². The number of hydrogen-bond acceptors (Lipinski definition) is 0. The van der Waals surface area contributed by atoms with Gasteiger partial charge < -0.3 is 0 Å². The first-order valence-corrected chi connectivity index (χ1v) is 13.6. The van der Waals surface area contributed by atoms with Crippen LogP contribution in [0, 0.1) is 0 Å². The summed E-state index contributed by atoms with van der Waals surface area (Å²) < 4.78 is 0. The van der Waals surface area contributed by atoms with Crippen LogP contribution in [0.15, 0.2) is 18.2 Å². The van der Waals surface area contributed by atoms with Crippen LogP contribution in [0.3, 0.4) is 0 Å². The second kappa shape index (κ2) is 13.0. The Hall–Kier alpha value is -0.350. The Labute approximate surface area is 171 Å². The van der Waals surface area contributed by atoms with E-state index in [1.54, 1.807) is 11.1 Å². The molecule has 1 saturated heterocycles. The van der Waals surface area contributed by atoms with Crippen LogP contribution in [-0.4, -0.2) is 11.3 Å². The third-order valence-corrected chi connectivity index (χ3v) is 10.0. The molecule has 0 aliphatic carbocycles. The Bertz CT molecular complexity index is 505. The van der Waals surface area contributed by atoms with Crippen molar-refractivity contribution in [1.29, 1.82) is 0 Å². The van der Waals surface area contributed by atoms with E-state index in [1.807, 2.05) is 5.30 Å². The van der Waals surface area contributed by atoms with E-state index in [0.29, 0.717) is 0 Å². The SMILES string of the molecule is CCCCc1ccc(P2C(CCCC)CCC2CCCC)c(CCCC)c1. The second-order valence-electron chi connectivity index (χ2n) is 8.75. The standard InChI is InChI=1S/C26H45P/c1-5-9-13-22-17-20-26(23(21-22)14-10-6-2)27-24(15-11-7-3)18-19-25(27)16-12-8-4/h17,20-21,24-25H,5-16,18-19H2,1-4H3. The Morgan fingerprint density at radius 3 is 1.85 bits per heavy atom. The van der Waals surface area contributed by atoms with Gasteiger partial charge in [-0.2, -0.15) is 0 Å². The molecule has 0 bridgehead atoms. The topological polar surface area (TPSA) is 0 Å². The molecule has 0 N–H and O–H groups in total. The van der Waals surface area contributed by atoms with Crippen LogP contribution >= 0.6 is 7.92 Å². The van der Waals surface area contributed by atoms with E-state index < -0.39 is 0 Å². The summed E-state index contributed by atoms with van der Waals surface area (Å²) in [6.45, 7) is 9.38. The molecular weight excluding hydrogens is 343 g/mol. The van der Waals surface area contributed by atoms with Crippen LogP contribution in [0.4, 0.5) is 0 Å². The van der Waals surface area contributed by atoms with Crippen molar-refractivity contribution >= 4 is 13.2 Å². The fourth-order valence-corrected chi connectivity index (χ4v) is 8.71. The molecule has 0 aromatic heterocycles. The minimum absolute atomic E-state index is 0.0471. The Balaban J connectivity index is 2.29. The smallest absolute Gasteiger partial charge is 0.0166 e. The maximum Gasteiger partial charge on any atom is -0.0166 e. The minimum Gasteiger partial charge on any atom is -0.0687 e. The van der Waals surface area contributed by atoms with E-state index in [1.165, 1.54) is 89.9 Å². The first kappa shape index (κ1) is 22.9. The highest BCUT2D eigenvalue weighted by Crippen LogP contribution is 2.58. The Morgan fingerprint density at radius 1 is 0.741 bits per heavy atom. The molecule has 1 aromatic rings. The lowest BCUT2D eigenvalue weighted by Crippen LogP contribution is -2.19. The predicted octanol–water partition coefficient (Wildman–Crippen LogP) is 8.39. The van der Waals surface area contributed by atoms with E-state index >= 15 is 0 Å². The highest BCUT2D eigenvalue weighted by Gasteiger charge is 2.36. The lowest BCUT2D eigenvalue weighted by Gasteiger charge is -2.29. The van der Waals surface area contributed by atoms with Crippen molar-refractivity contribution in [2.75, 3.05) is 0 Å². The molecule has 0 saturated carbocycles. The number of benzene rings is 1. The lowest BCUT2D eigenvalue weighted by molar-refractivity contribution is 0.618. The fraction of sp³-hybridized carbons (Fsp3) is 0.769. The zero-order valence-electron chi connectivity index (χ0n) is 18.7. The number of aryl methyl sites for hydroxylation is 2. The summed E-state index contributed by atoms with van der Waals surface area (Å²) in [5, 5.41) is 1.82. The monoisotopic (exact) mass is 388 g/mol. The van der Waals surface area contributed by atoms with Gasteiger partial charge in [-0.3, -0.25) is 0 Å². The Kier molecular flexibility index (Phi) is 11.0. The zero-order chi connectivity index (χ0) is 19.5. The van der Waals surface area contributed by atoms with Crippen molar-refractivity contribution in [2.24, 2.45) is 0 Å². The van der Waals surface area contributed by atoms with Crippen molar-refractivity contribution in [2.45, 2.75) is 129 Å². The first-order valence-electron chi connectivity index (χ1n) is 12.1. The molecule has 0 spiro atoms. The average molecular weight is 389 g/mol. The third-order valence-electron chi connectivity index (χ3n) is 6.44. The quantitative estimate of drug-likeness (QED) is 0.298. The van der Waals surface area contributed by atoms with Crippen LogP contribution in [0.2, 0.25) is 0 Å². The maximum atomic E-state index is 2.62. The average Bonchev–Trinajstić information content (AvgIpc) is 3.09. The molecule has 1 heterocycles. The van der Waals surface area contributed by atoms with E-state index in [2.05, 4.69) is 45.9 Å². The van der Waals surface area contributed by atoms with Crippen LogP contribution in [0.5, 0.6) is 0 Å². The predicted molar refractivity (Wildman–Crippen MR) is 126 cm³/mol. The molecular formula is C26H45P. The van der Waals surface area contributed by atoms with Gasteiger partial charge in [-0.25, -0.2) is 0 Å². The van der Waals surface area contributed by atoms with Gasteiger partial charge in [0, 0.05) is 0 Å². The first-order chi connectivity index (χ1) is 13.2. The fourth-order valence-electron chi connectivity index (χ4n) is 4.80. The minimum atomic E-state index is 0.0471. The lowest BCUT2D eigenvalue weighted by atomic mass is 10.0. The van der Waals surface area contributed by atoms with E-state index in [-0.39, 0.29) is 7.92 Å². The third kappa shape index (κ3) is 6.88. The normalized spacial score (nSPS) is 22.4. The summed E-state index contributed by atoms with van der Waals surface area (Å²) in [5.41, 5.74) is 5.34. The molecule has 1 heteroatoms. The molecule has 1 fully saturated rings. The van der Waals surface area contributed by atoms with Crippen molar-refractivity contribution in [3.8, 4) is 0 Å². The van der Waals surface area contributed by atoms with Gasteiger partial charge in [0.25, 0.3) is 0 Å². The van der Waals surface area contributed by atoms with Crippen molar-refractivity contribution in [3.05, 3.63) is 29.3 Å². The highest BCUT2D eigenvalue weighted by atomic mass is 31.1. The summed E-state index contributed by atoms with van der Waals surface area (Å²) in [5.74, 6) is 0. The van der Waals surface area contributed by atoms with Gasteiger partial charge in [-0.05, 0) is 79.1 Å². The van der Waals surface area contributed by atoms with Crippen LogP contribution in [0.25, 0.3) is 0 Å². The molecule has 1 aliphatic heterocycles. The molecule has 154 valence electrons. The number of rotatable bonds is 13. The van der Waals surface area contributed by atoms with Crippen LogP contribution in [0.1, 0.15) is 116 Å². The molecule has 27 heavy (non-hydrogen) atoms. The summed E-state index contributed by atoms with van der Waals surface area (Å²) in [7, 11) is 0.0471. The van der Waals surface area contributed by atoms with E-state index in [0.717, 1.165) is 11.3 Å². The molecule has 2 atom stereocenters. The van der Waals surface area contributed by atoms with Gasteiger partial charge in [-0.1, -0.05) is 92.3 Å². The molecule has 2 rings (SSSR count). The molecule has 0 nitrogen and oxygen atoms in total. The maximum absolute atomic E-state index is 2.62. The molecule has 1 aromatic carbocycles. The molecule has 2 unspecified atom stereocenters. The van der Waals surface area contributed by atoms with Crippen molar-refractivity contribution in [1.82, 2.24) is 0 Å². The zero-order valence-corrected chi connectivity index (χ0v) is 19.6. The highest BCUT2D eigenvalue weighted by molar-refractivity contribution is 7.67. The molecule has 0 amide bonds. The van der Waals surface area contributed by atoms with Crippen LogP contribution in [-0.2, 0) is 12.8 Å². The summed E-state index contributed by atoms with van der Waals surface area (Å²) >= 11 is 0. The Morgan fingerprint density at radius 2 is 1.30 bits per heavy atom. The van der Waals surface area contributed by atoms with Gasteiger partial charge in [0.15, 0.2) is 0 Å². The van der Waals surface area contributed by atoms with Crippen molar-refractivity contribution < 1.29 is 0 Å².